The number of benzene rings is 1. The molecule has 94 valence electrons. The molecule has 0 bridgehead atoms. The van der Waals surface area contributed by atoms with E-state index in [1.165, 1.54) is 56.2 Å². The number of hydrogen-bond donors (Lipinski definition) is 1. The highest BCUT2D eigenvalue weighted by Gasteiger charge is 2.09. The molecule has 1 N–H and O–H groups in total. The molecule has 2 saturated heterocycles. The average molecular weight is 250 g/mol. The van der Waals surface area contributed by atoms with Crippen LogP contribution in [0.4, 0.5) is 5.69 Å². The van der Waals surface area contributed by atoms with Crippen LogP contribution in [0.2, 0.25) is 0 Å². The lowest BCUT2D eigenvalue weighted by Crippen LogP contribution is -2.32. The molecular weight excluding hydrogens is 228 g/mol. The summed E-state index contributed by atoms with van der Waals surface area (Å²) in [5.41, 5.74) is 1.37. The second-order valence-corrected chi connectivity index (χ2v) is 5.62. The lowest BCUT2D eigenvalue weighted by Gasteiger charge is -2.28. The Labute approximate surface area is 109 Å². The minimum atomic E-state index is 1.20. The first-order valence-electron chi connectivity index (χ1n) is 6.55. The Bertz CT molecular complexity index is 285. The third-order valence-corrected chi connectivity index (χ3v) is 4.03. The largest absolute Gasteiger partial charge is 0.370 e. The zero-order chi connectivity index (χ0) is 11.8. The summed E-state index contributed by atoms with van der Waals surface area (Å²) in [7, 11) is 0. The summed E-state index contributed by atoms with van der Waals surface area (Å²) >= 11 is 2.05. The topological polar surface area (TPSA) is 15.3 Å². The summed E-state index contributed by atoms with van der Waals surface area (Å²) < 4.78 is 0. The molecule has 3 heteroatoms. The van der Waals surface area contributed by atoms with Crippen molar-refractivity contribution in [1.29, 1.82) is 0 Å². The Morgan fingerprint density at radius 1 is 0.941 bits per heavy atom. The number of hydrogen-bond acceptors (Lipinski definition) is 3. The van der Waals surface area contributed by atoms with E-state index < -0.39 is 0 Å². The van der Waals surface area contributed by atoms with Gasteiger partial charge in [-0.1, -0.05) is 18.2 Å². The first kappa shape index (κ1) is 12.8. The minimum Gasteiger partial charge on any atom is -0.370 e. The van der Waals surface area contributed by atoms with Crippen molar-refractivity contribution in [3.63, 3.8) is 0 Å². The van der Waals surface area contributed by atoms with Gasteiger partial charge < -0.3 is 10.2 Å². The van der Waals surface area contributed by atoms with Crippen molar-refractivity contribution in [1.82, 2.24) is 5.32 Å². The van der Waals surface area contributed by atoms with E-state index in [9.17, 15) is 0 Å². The maximum Gasteiger partial charge on any atom is 0.0366 e. The number of rotatable bonds is 1. The Kier molecular flexibility index (Phi) is 5.73. The van der Waals surface area contributed by atoms with Gasteiger partial charge in [0.25, 0.3) is 0 Å². The highest BCUT2D eigenvalue weighted by molar-refractivity contribution is 7.99. The SMILES string of the molecule is C1CCNC1.c1ccc(N2CCSCC2)cc1. The van der Waals surface area contributed by atoms with E-state index in [1.807, 2.05) is 0 Å². The molecule has 1 aromatic rings. The Morgan fingerprint density at radius 3 is 2.12 bits per heavy atom. The maximum absolute atomic E-state index is 3.22. The Morgan fingerprint density at radius 2 is 1.59 bits per heavy atom. The number of anilines is 1. The van der Waals surface area contributed by atoms with Crippen LogP contribution in [0.25, 0.3) is 0 Å². The number of nitrogens with zero attached hydrogens (tertiary/aromatic N) is 1. The molecule has 2 heterocycles. The van der Waals surface area contributed by atoms with Gasteiger partial charge in [0.15, 0.2) is 0 Å². The molecule has 0 aromatic heterocycles. The fraction of sp³-hybridized carbons (Fsp3) is 0.571. The van der Waals surface area contributed by atoms with Gasteiger partial charge >= 0.3 is 0 Å². The van der Waals surface area contributed by atoms with Gasteiger partial charge in [0.2, 0.25) is 0 Å². The van der Waals surface area contributed by atoms with Crippen molar-refractivity contribution < 1.29 is 0 Å². The van der Waals surface area contributed by atoms with Crippen molar-refractivity contribution in [2.75, 3.05) is 42.6 Å². The normalized spacial score (nSPS) is 19.6. The molecule has 2 fully saturated rings. The first-order chi connectivity index (χ1) is 8.47. The molecule has 0 spiro atoms. The average Bonchev–Trinajstić information content (AvgIpc) is 3.00. The van der Waals surface area contributed by atoms with Gasteiger partial charge in [-0.25, -0.2) is 0 Å². The van der Waals surface area contributed by atoms with Crippen LogP contribution in [0, 0.1) is 0 Å². The second kappa shape index (κ2) is 7.62. The van der Waals surface area contributed by atoms with E-state index in [-0.39, 0.29) is 0 Å². The van der Waals surface area contributed by atoms with Crippen LogP contribution in [0.1, 0.15) is 12.8 Å². The van der Waals surface area contributed by atoms with E-state index in [0.29, 0.717) is 0 Å². The molecule has 2 aliphatic rings. The number of para-hydroxylation sites is 1. The number of thioether (sulfide) groups is 1. The molecule has 17 heavy (non-hydrogen) atoms. The van der Waals surface area contributed by atoms with Crippen molar-refractivity contribution >= 4 is 17.4 Å². The molecule has 2 nitrogen and oxygen atoms in total. The first-order valence-corrected chi connectivity index (χ1v) is 7.71. The summed E-state index contributed by atoms with van der Waals surface area (Å²) in [5, 5.41) is 3.22. The number of nitrogens with one attached hydrogen (secondary N) is 1. The molecule has 3 rings (SSSR count). The van der Waals surface area contributed by atoms with Crippen LogP contribution in [-0.4, -0.2) is 37.7 Å². The highest BCUT2D eigenvalue weighted by atomic mass is 32.2. The predicted octanol–water partition coefficient (Wildman–Crippen LogP) is 2.61. The summed E-state index contributed by atoms with van der Waals surface area (Å²) in [6, 6.07) is 10.7. The van der Waals surface area contributed by atoms with Crippen LogP contribution in [0.5, 0.6) is 0 Å². The van der Waals surface area contributed by atoms with Crippen LogP contribution < -0.4 is 10.2 Å². The van der Waals surface area contributed by atoms with E-state index in [4.69, 9.17) is 0 Å². The molecular formula is C14H22N2S. The third-order valence-electron chi connectivity index (χ3n) is 3.09. The van der Waals surface area contributed by atoms with Crippen molar-refractivity contribution in [3.8, 4) is 0 Å². The van der Waals surface area contributed by atoms with Crippen molar-refractivity contribution in [3.05, 3.63) is 30.3 Å². The van der Waals surface area contributed by atoms with Crippen LogP contribution in [0.3, 0.4) is 0 Å². The van der Waals surface area contributed by atoms with Gasteiger partial charge in [0.1, 0.15) is 0 Å². The van der Waals surface area contributed by atoms with Crippen LogP contribution in [-0.2, 0) is 0 Å². The van der Waals surface area contributed by atoms with Crippen LogP contribution >= 0.6 is 11.8 Å². The summed E-state index contributed by atoms with van der Waals surface area (Å²) in [6.45, 7) is 4.91. The van der Waals surface area contributed by atoms with E-state index >= 15 is 0 Å². The fourth-order valence-corrected chi connectivity index (χ4v) is 2.99. The van der Waals surface area contributed by atoms with Gasteiger partial charge in [-0.2, -0.15) is 11.8 Å². The zero-order valence-corrected chi connectivity index (χ0v) is 11.2. The lowest BCUT2D eigenvalue weighted by atomic mass is 10.3. The van der Waals surface area contributed by atoms with Gasteiger partial charge in [-0.05, 0) is 38.1 Å². The maximum atomic E-state index is 3.22. The highest BCUT2D eigenvalue weighted by Crippen LogP contribution is 2.18. The monoisotopic (exact) mass is 250 g/mol. The molecule has 1 aromatic carbocycles. The van der Waals surface area contributed by atoms with Gasteiger partial charge in [0, 0.05) is 30.3 Å². The molecule has 0 saturated carbocycles. The van der Waals surface area contributed by atoms with Gasteiger partial charge in [-0.3, -0.25) is 0 Å². The van der Waals surface area contributed by atoms with Crippen molar-refractivity contribution in [2.24, 2.45) is 0 Å². The smallest absolute Gasteiger partial charge is 0.0366 e. The zero-order valence-electron chi connectivity index (χ0n) is 10.4. The fourth-order valence-electron chi connectivity index (χ4n) is 2.09. The van der Waals surface area contributed by atoms with Gasteiger partial charge in [0.05, 0.1) is 0 Å². The second-order valence-electron chi connectivity index (χ2n) is 4.39. The molecule has 0 amide bonds. The summed E-state index contributed by atoms with van der Waals surface area (Å²) in [6.07, 6.45) is 2.78. The standard InChI is InChI=1S/C10H13NS.C4H9N/c1-2-4-10(5-3-1)11-6-8-12-9-7-11;1-2-4-5-3-1/h1-5H,6-9H2;5H,1-4H2. The van der Waals surface area contributed by atoms with E-state index in [1.54, 1.807) is 0 Å². The lowest BCUT2D eigenvalue weighted by molar-refractivity contribution is 0.857. The van der Waals surface area contributed by atoms with Gasteiger partial charge in [-0.15, -0.1) is 0 Å². The Hall–Kier alpha value is -0.670. The summed E-state index contributed by atoms with van der Waals surface area (Å²) in [5.74, 6) is 2.55. The molecule has 2 aliphatic heterocycles. The molecule has 0 radical (unpaired) electrons. The predicted molar refractivity (Wildman–Crippen MR) is 78.1 cm³/mol. The van der Waals surface area contributed by atoms with Crippen LogP contribution in [0.15, 0.2) is 30.3 Å². The Balaban J connectivity index is 0.000000181. The minimum absolute atomic E-state index is 1.20. The molecule has 0 aliphatic carbocycles. The van der Waals surface area contributed by atoms with E-state index in [2.05, 4.69) is 52.3 Å². The van der Waals surface area contributed by atoms with E-state index in [0.717, 1.165) is 0 Å². The van der Waals surface area contributed by atoms with Crippen molar-refractivity contribution in [2.45, 2.75) is 12.8 Å². The quantitative estimate of drug-likeness (QED) is 0.825. The molecule has 0 unspecified atom stereocenters. The summed E-state index contributed by atoms with van der Waals surface area (Å²) in [4.78, 5) is 2.45. The third kappa shape index (κ3) is 4.60. The molecule has 0 atom stereocenters.